The predicted molar refractivity (Wildman–Crippen MR) is 86.6 cm³/mol. The lowest BCUT2D eigenvalue weighted by atomic mass is 9.85. The monoisotopic (exact) mass is 307 g/mol. The van der Waals surface area contributed by atoms with Crippen molar-refractivity contribution >= 4 is 12.1 Å². The number of ketones is 1. The molecule has 0 N–H and O–H groups in total. The molecule has 0 radical (unpaired) electrons. The van der Waals surface area contributed by atoms with E-state index >= 15 is 0 Å². The second-order valence-electron chi connectivity index (χ2n) is 5.20. The number of carbonyl (C=O) groups excluding carboxylic acids is 2. The average molecular weight is 307 g/mol. The average Bonchev–Trinajstić information content (AvgIpc) is 2.59. The number of methoxy groups -OCH3 is 1. The van der Waals surface area contributed by atoms with Crippen molar-refractivity contribution in [1.29, 1.82) is 5.26 Å². The van der Waals surface area contributed by atoms with Gasteiger partial charge in [0.15, 0.2) is 5.78 Å². The van der Waals surface area contributed by atoms with Gasteiger partial charge in [0.05, 0.1) is 24.7 Å². The van der Waals surface area contributed by atoms with Crippen LogP contribution >= 0.6 is 0 Å². The molecule has 0 aliphatic carbocycles. The van der Waals surface area contributed by atoms with E-state index in [1.54, 1.807) is 56.5 Å². The molecular formula is C19H17NO3. The fraction of sp³-hybridized carbons (Fsp3) is 0.211. The second kappa shape index (κ2) is 7.37. The van der Waals surface area contributed by atoms with Gasteiger partial charge in [-0.15, -0.1) is 0 Å². The highest BCUT2D eigenvalue weighted by atomic mass is 16.5. The van der Waals surface area contributed by atoms with E-state index in [2.05, 4.69) is 6.07 Å². The highest BCUT2D eigenvalue weighted by molar-refractivity contribution is 6.04. The second-order valence-corrected chi connectivity index (χ2v) is 5.20. The van der Waals surface area contributed by atoms with Crippen molar-refractivity contribution in [2.24, 2.45) is 0 Å². The Hall–Kier alpha value is -2.93. The van der Waals surface area contributed by atoms with Crippen molar-refractivity contribution in [2.45, 2.75) is 19.3 Å². The number of hydrogen-bond donors (Lipinski definition) is 0. The van der Waals surface area contributed by atoms with Gasteiger partial charge in [0.1, 0.15) is 12.0 Å². The van der Waals surface area contributed by atoms with Gasteiger partial charge in [0, 0.05) is 12.0 Å². The molecule has 0 bridgehead atoms. The first kappa shape index (κ1) is 16.4. The normalized spacial score (nSPS) is 11.3. The molecule has 2 aromatic rings. The van der Waals surface area contributed by atoms with Gasteiger partial charge in [0.2, 0.25) is 0 Å². The van der Waals surface area contributed by atoms with E-state index in [0.717, 1.165) is 17.4 Å². The van der Waals surface area contributed by atoms with Crippen LogP contribution in [0, 0.1) is 18.3 Å². The maximum Gasteiger partial charge on any atom is 0.172 e. The number of nitriles is 1. The molecule has 0 saturated carbocycles. The van der Waals surface area contributed by atoms with E-state index in [1.165, 1.54) is 0 Å². The molecule has 23 heavy (non-hydrogen) atoms. The van der Waals surface area contributed by atoms with E-state index in [-0.39, 0.29) is 12.2 Å². The number of aryl methyl sites for hydroxylation is 1. The van der Waals surface area contributed by atoms with Crippen LogP contribution in [0.2, 0.25) is 0 Å². The Kier molecular flexibility index (Phi) is 5.27. The molecular weight excluding hydrogens is 290 g/mol. The van der Waals surface area contributed by atoms with Crippen molar-refractivity contribution in [3.05, 3.63) is 64.7 Å². The SMILES string of the molecule is COc1ccc(C(CC=O)C(=O)c2c(C)cccc2C#N)cc1. The van der Waals surface area contributed by atoms with E-state index in [0.29, 0.717) is 16.9 Å². The fourth-order valence-electron chi connectivity index (χ4n) is 2.59. The van der Waals surface area contributed by atoms with Crippen LogP contribution in [0.5, 0.6) is 5.75 Å². The molecule has 0 saturated heterocycles. The topological polar surface area (TPSA) is 67.2 Å². The zero-order valence-electron chi connectivity index (χ0n) is 13.1. The van der Waals surface area contributed by atoms with Crippen LogP contribution in [-0.2, 0) is 4.79 Å². The molecule has 0 amide bonds. The number of carbonyl (C=O) groups is 2. The highest BCUT2D eigenvalue weighted by Gasteiger charge is 2.25. The van der Waals surface area contributed by atoms with E-state index < -0.39 is 5.92 Å². The molecule has 4 nitrogen and oxygen atoms in total. The van der Waals surface area contributed by atoms with Gasteiger partial charge < -0.3 is 9.53 Å². The van der Waals surface area contributed by atoms with Gasteiger partial charge in [0.25, 0.3) is 0 Å². The van der Waals surface area contributed by atoms with Gasteiger partial charge >= 0.3 is 0 Å². The zero-order chi connectivity index (χ0) is 16.8. The van der Waals surface area contributed by atoms with Crippen molar-refractivity contribution in [3.8, 4) is 11.8 Å². The summed E-state index contributed by atoms with van der Waals surface area (Å²) >= 11 is 0. The number of ether oxygens (including phenoxy) is 1. The maximum absolute atomic E-state index is 12.9. The standard InChI is InChI=1S/C19H17NO3/c1-13-4-3-5-15(12-20)18(13)19(22)17(10-11-21)14-6-8-16(23-2)9-7-14/h3-9,11,17H,10H2,1-2H3. The molecule has 0 aromatic heterocycles. The Morgan fingerprint density at radius 2 is 1.96 bits per heavy atom. The summed E-state index contributed by atoms with van der Waals surface area (Å²) in [5.74, 6) is -0.136. The van der Waals surface area contributed by atoms with Crippen LogP contribution in [-0.4, -0.2) is 19.2 Å². The van der Waals surface area contributed by atoms with Gasteiger partial charge in [-0.25, -0.2) is 0 Å². The molecule has 2 aromatic carbocycles. The smallest absolute Gasteiger partial charge is 0.172 e. The summed E-state index contributed by atoms with van der Waals surface area (Å²) in [5.41, 5.74) is 2.19. The maximum atomic E-state index is 12.9. The number of hydrogen-bond acceptors (Lipinski definition) is 4. The summed E-state index contributed by atoms with van der Waals surface area (Å²) in [7, 11) is 1.57. The molecule has 0 heterocycles. The Labute approximate surface area is 135 Å². The lowest BCUT2D eigenvalue weighted by Crippen LogP contribution is -2.16. The lowest BCUT2D eigenvalue weighted by Gasteiger charge is -2.16. The minimum atomic E-state index is -0.605. The Morgan fingerprint density at radius 1 is 1.26 bits per heavy atom. The van der Waals surface area contributed by atoms with Crippen LogP contribution in [0.15, 0.2) is 42.5 Å². The third-order valence-electron chi connectivity index (χ3n) is 3.81. The van der Waals surface area contributed by atoms with E-state index in [1.807, 2.05) is 0 Å². The molecule has 0 spiro atoms. The number of aldehydes is 1. The first-order valence-electron chi connectivity index (χ1n) is 7.24. The molecule has 0 aliphatic rings. The fourth-order valence-corrected chi connectivity index (χ4v) is 2.59. The summed E-state index contributed by atoms with van der Waals surface area (Å²) in [4.78, 5) is 24.0. The first-order chi connectivity index (χ1) is 11.1. The van der Waals surface area contributed by atoms with Gasteiger partial charge in [-0.1, -0.05) is 24.3 Å². The lowest BCUT2D eigenvalue weighted by molar-refractivity contribution is -0.108. The van der Waals surface area contributed by atoms with Crippen molar-refractivity contribution in [3.63, 3.8) is 0 Å². The summed E-state index contributed by atoms with van der Waals surface area (Å²) in [6.45, 7) is 1.79. The van der Waals surface area contributed by atoms with Crippen LogP contribution in [0.1, 0.15) is 39.4 Å². The molecule has 2 rings (SSSR count). The van der Waals surface area contributed by atoms with Crippen LogP contribution in [0.4, 0.5) is 0 Å². The minimum Gasteiger partial charge on any atom is -0.497 e. The van der Waals surface area contributed by atoms with Crippen molar-refractivity contribution < 1.29 is 14.3 Å². The number of rotatable bonds is 6. The quantitative estimate of drug-likeness (QED) is 0.605. The van der Waals surface area contributed by atoms with Crippen LogP contribution in [0.25, 0.3) is 0 Å². The Morgan fingerprint density at radius 3 is 2.52 bits per heavy atom. The van der Waals surface area contributed by atoms with Crippen molar-refractivity contribution in [1.82, 2.24) is 0 Å². The molecule has 0 aliphatic heterocycles. The van der Waals surface area contributed by atoms with Gasteiger partial charge in [-0.05, 0) is 36.2 Å². The number of Topliss-reactive ketones (excluding diaryl/α,β-unsaturated/α-hetero) is 1. The zero-order valence-corrected chi connectivity index (χ0v) is 13.1. The summed E-state index contributed by atoms with van der Waals surface area (Å²) < 4.78 is 5.11. The first-order valence-corrected chi connectivity index (χ1v) is 7.24. The third kappa shape index (κ3) is 3.46. The van der Waals surface area contributed by atoms with E-state index in [9.17, 15) is 14.9 Å². The largest absolute Gasteiger partial charge is 0.497 e. The summed E-state index contributed by atoms with van der Waals surface area (Å²) in [5, 5.41) is 9.25. The highest BCUT2D eigenvalue weighted by Crippen LogP contribution is 2.28. The third-order valence-corrected chi connectivity index (χ3v) is 3.81. The van der Waals surface area contributed by atoms with Gasteiger partial charge in [-0.2, -0.15) is 5.26 Å². The molecule has 116 valence electrons. The molecule has 1 unspecified atom stereocenters. The Bertz CT molecular complexity index is 757. The predicted octanol–water partition coefficient (Wildman–Crippen LogP) is 3.43. The molecule has 0 fully saturated rings. The Balaban J connectivity index is 2.47. The van der Waals surface area contributed by atoms with Crippen LogP contribution < -0.4 is 4.74 Å². The van der Waals surface area contributed by atoms with Crippen molar-refractivity contribution in [2.75, 3.05) is 7.11 Å². The summed E-state index contributed by atoms with van der Waals surface area (Å²) in [6, 6.07) is 14.3. The molecule has 4 heteroatoms. The van der Waals surface area contributed by atoms with E-state index in [4.69, 9.17) is 4.74 Å². The minimum absolute atomic E-state index is 0.0738. The van der Waals surface area contributed by atoms with Gasteiger partial charge in [-0.3, -0.25) is 4.79 Å². The summed E-state index contributed by atoms with van der Waals surface area (Å²) in [6.07, 6.45) is 0.807. The number of nitrogens with zero attached hydrogens (tertiary/aromatic N) is 1. The molecule has 1 atom stereocenters. The van der Waals surface area contributed by atoms with Crippen LogP contribution in [0.3, 0.4) is 0 Å². The number of benzene rings is 2.